The summed E-state index contributed by atoms with van der Waals surface area (Å²) in [6, 6.07) is 3.73. The molecule has 2 amide bonds. The number of carbonyl (C=O) groups excluding carboxylic acids is 2. The van der Waals surface area contributed by atoms with E-state index in [2.05, 4.69) is 12.2 Å². The molecule has 2 heterocycles. The van der Waals surface area contributed by atoms with Crippen molar-refractivity contribution in [2.24, 2.45) is 0 Å². The Morgan fingerprint density at radius 3 is 2.55 bits per heavy atom. The molecule has 0 aliphatic carbocycles. The summed E-state index contributed by atoms with van der Waals surface area (Å²) in [6.07, 6.45) is 1.02. The number of nitrogens with zero attached hydrogens (tertiary/aromatic N) is 2. The molecular weight excluding hydrogens is 274 g/mol. The fourth-order valence-electron chi connectivity index (χ4n) is 2.20. The number of hydrogen-bond acceptors (Lipinski definition) is 4. The molecule has 0 saturated carbocycles. The van der Waals surface area contributed by atoms with E-state index in [9.17, 15) is 9.59 Å². The van der Waals surface area contributed by atoms with Crippen molar-refractivity contribution >= 4 is 23.2 Å². The van der Waals surface area contributed by atoms with Crippen LogP contribution in [0.5, 0.6) is 0 Å². The van der Waals surface area contributed by atoms with Crippen molar-refractivity contribution in [2.45, 2.75) is 13.3 Å². The number of amides is 2. The number of thiophene rings is 1. The summed E-state index contributed by atoms with van der Waals surface area (Å²) in [5.41, 5.74) is 0. The van der Waals surface area contributed by atoms with Crippen molar-refractivity contribution < 1.29 is 9.59 Å². The van der Waals surface area contributed by atoms with Crippen LogP contribution in [-0.4, -0.2) is 60.9 Å². The van der Waals surface area contributed by atoms with E-state index < -0.39 is 0 Å². The Morgan fingerprint density at radius 2 is 1.95 bits per heavy atom. The Balaban J connectivity index is 1.77. The molecule has 1 fully saturated rings. The van der Waals surface area contributed by atoms with E-state index in [1.165, 1.54) is 11.3 Å². The molecule has 0 atom stereocenters. The smallest absolute Gasteiger partial charge is 0.264 e. The highest BCUT2D eigenvalue weighted by molar-refractivity contribution is 7.12. The molecule has 6 heteroatoms. The topological polar surface area (TPSA) is 52.7 Å². The van der Waals surface area contributed by atoms with Crippen molar-refractivity contribution in [3.05, 3.63) is 22.4 Å². The van der Waals surface area contributed by atoms with Crippen LogP contribution < -0.4 is 5.32 Å². The molecule has 20 heavy (non-hydrogen) atoms. The van der Waals surface area contributed by atoms with Crippen LogP contribution in [0.3, 0.4) is 0 Å². The Morgan fingerprint density at radius 1 is 1.25 bits per heavy atom. The van der Waals surface area contributed by atoms with Gasteiger partial charge in [-0.05, 0) is 24.4 Å². The standard InChI is InChI=1S/C14H21N3O2S/c1-2-5-15-11-13(18)16-6-8-17(9-7-16)14(19)12-4-3-10-20-12/h3-4,10,15H,2,5-9,11H2,1H3. The van der Waals surface area contributed by atoms with Gasteiger partial charge < -0.3 is 15.1 Å². The summed E-state index contributed by atoms with van der Waals surface area (Å²) in [5.74, 6) is 0.206. The first kappa shape index (κ1) is 15.0. The van der Waals surface area contributed by atoms with Gasteiger partial charge in [0, 0.05) is 26.2 Å². The second-order valence-electron chi connectivity index (χ2n) is 4.83. The highest BCUT2D eigenvalue weighted by Crippen LogP contribution is 2.13. The van der Waals surface area contributed by atoms with E-state index in [4.69, 9.17) is 0 Å². The predicted octanol–water partition coefficient (Wildman–Crippen LogP) is 1.03. The molecule has 1 N–H and O–H groups in total. The van der Waals surface area contributed by atoms with Gasteiger partial charge in [-0.2, -0.15) is 0 Å². The Kier molecular flexibility index (Phi) is 5.55. The number of hydrogen-bond donors (Lipinski definition) is 1. The number of piperazine rings is 1. The van der Waals surface area contributed by atoms with Crippen molar-refractivity contribution in [1.82, 2.24) is 15.1 Å². The van der Waals surface area contributed by atoms with Gasteiger partial charge in [-0.25, -0.2) is 0 Å². The summed E-state index contributed by atoms with van der Waals surface area (Å²) in [4.78, 5) is 28.5. The molecule has 0 bridgehead atoms. The summed E-state index contributed by atoms with van der Waals surface area (Å²) in [6.45, 7) is 5.84. The van der Waals surface area contributed by atoms with E-state index in [0.717, 1.165) is 17.8 Å². The van der Waals surface area contributed by atoms with E-state index in [-0.39, 0.29) is 11.8 Å². The summed E-state index contributed by atoms with van der Waals surface area (Å²) in [7, 11) is 0. The van der Waals surface area contributed by atoms with Crippen molar-refractivity contribution in [3.8, 4) is 0 Å². The number of nitrogens with one attached hydrogen (secondary N) is 1. The van der Waals surface area contributed by atoms with Gasteiger partial charge >= 0.3 is 0 Å². The lowest BCUT2D eigenvalue weighted by atomic mass is 10.3. The number of carbonyl (C=O) groups is 2. The van der Waals surface area contributed by atoms with Crippen LogP contribution in [0.25, 0.3) is 0 Å². The molecule has 1 aromatic rings. The summed E-state index contributed by atoms with van der Waals surface area (Å²) in [5, 5.41) is 5.03. The van der Waals surface area contributed by atoms with Gasteiger partial charge in [0.15, 0.2) is 0 Å². The quantitative estimate of drug-likeness (QED) is 0.826. The maximum absolute atomic E-state index is 12.2. The van der Waals surface area contributed by atoms with Crippen LogP contribution in [-0.2, 0) is 4.79 Å². The zero-order valence-corrected chi connectivity index (χ0v) is 12.6. The van der Waals surface area contributed by atoms with Crippen LogP contribution >= 0.6 is 11.3 Å². The fraction of sp³-hybridized carbons (Fsp3) is 0.571. The predicted molar refractivity (Wildman–Crippen MR) is 80.0 cm³/mol. The first-order valence-corrected chi connectivity index (χ1v) is 7.91. The molecule has 0 unspecified atom stereocenters. The Labute approximate surface area is 123 Å². The van der Waals surface area contributed by atoms with Gasteiger partial charge in [0.2, 0.25) is 5.91 Å². The largest absolute Gasteiger partial charge is 0.338 e. The lowest BCUT2D eigenvalue weighted by molar-refractivity contribution is -0.131. The lowest BCUT2D eigenvalue weighted by Gasteiger charge is -2.34. The minimum absolute atomic E-state index is 0.0798. The minimum atomic E-state index is 0.0798. The molecule has 1 aliphatic heterocycles. The van der Waals surface area contributed by atoms with Crippen LogP contribution in [0.1, 0.15) is 23.0 Å². The van der Waals surface area contributed by atoms with E-state index in [0.29, 0.717) is 32.7 Å². The second kappa shape index (κ2) is 7.40. The Hall–Kier alpha value is -1.40. The van der Waals surface area contributed by atoms with Gasteiger partial charge in [0.25, 0.3) is 5.91 Å². The highest BCUT2D eigenvalue weighted by atomic mass is 32.1. The Bertz CT molecular complexity index is 439. The van der Waals surface area contributed by atoms with E-state index in [1.807, 2.05) is 27.3 Å². The SMILES string of the molecule is CCCNCC(=O)N1CCN(C(=O)c2cccs2)CC1. The average molecular weight is 295 g/mol. The molecule has 2 rings (SSSR count). The molecule has 1 saturated heterocycles. The zero-order chi connectivity index (χ0) is 14.4. The molecule has 110 valence electrons. The molecule has 0 aromatic carbocycles. The average Bonchev–Trinajstić information content (AvgIpc) is 3.01. The van der Waals surface area contributed by atoms with Gasteiger partial charge in [0.05, 0.1) is 11.4 Å². The molecule has 0 radical (unpaired) electrons. The van der Waals surface area contributed by atoms with Gasteiger partial charge in [-0.15, -0.1) is 11.3 Å². The third-order valence-corrected chi connectivity index (χ3v) is 4.21. The highest BCUT2D eigenvalue weighted by Gasteiger charge is 2.24. The van der Waals surface area contributed by atoms with Crippen LogP contribution in [0, 0.1) is 0 Å². The molecule has 0 spiro atoms. The second-order valence-corrected chi connectivity index (χ2v) is 5.77. The van der Waals surface area contributed by atoms with Crippen molar-refractivity contribution in [3.63, 3.8) is 0 Å². The van der Waals surface area contributed by atoms with Gasteiger partial charge in [0.1, 0.15) is 0 Å². The molecule has 1 aliphatic rings. The van der Waals surface area contributed by atoms with Crippen molar-refractivity contribution in [2.75, 3.05) is 39.3 Å². The third kappa shape index (κ3) is 3.80. The maximum Gasteiger partial charge on any atom is 0.264 e. The minimum Gasteiger partial charge on any atom is -0.338 e. The molecule has 5 nitrogen and oxygen atoms in total. The normalized spacial score (nSPS) is 15.4. The fourth-order valence-corrected chi connectivity index (χ4v) is 2.89. The first-order valence-electron chi connectivity index (χ1n) is 7.03. The van der Waals surface area contributed by atoms with Gasteiger partial charge in [-0.3, -0.25) is 9.59 Å². The van der Waals surface area contributed by atoms with E-state index >= 15 is 0 Å². The van der Waals surface area contributed by atoms with E-state index in [1.54, 1.807) is 0 Å². The van der Waals surface area contributed by atoms with Crippen LogP contribution in [0.15, 0.2) is 17.5 Å². The monoisotopic (exact) mass is 295 g/mol. The van der Waals surface area contributed by atoms with Gasteiger partial charge in [-0.1, -0.05) is 13.0 Å². The van der Waals surface area contributed by atoms with Crippen molar-refractivity contribution in [1.29, 1.82) is 0 Å². The zero-order valence-electron chi connectivity index (χ0n) is 11.8. The maximum atomic E-state index is 12.2. The molecule has 1 aromatic heterocycles. The third-order valence-electron chi connectivity index (χ3n) is 3.35. The summed E-state index contributed by atoms with van der Waals surface area (Å²) < 4.78 is 0. The van der Waals surface area contributed by atoms with Crippen LogP contribution in [0.4, 0.5) is 0 Å². The number of rotatable bonds is 5. The summed E-state index contributed by atoms with van der Waals surface area (Å²) >= 11 is 1.46. The molecular formula is C14H21N3O2S. The van der Waals surface area contributed by atoms with Crippen LogP contribution in [0.2, 0.25) is 0 Å². The lowest BCUT2D eigenvalue weighted by Crippen LogP contribution is -2.52. The first-order chi connectivity index (χ1) is 9.72.